The van der Waals surface area contributed by atoms with Crippen LogP contribution < -0.4 is 9.47 Å². The third-order valence-electron chi connectivity index (χ3n) is 8.71. The van der Waals surface area contributed by atoms with Crippen LogP contribution in [0.2, 0.25) is 0 Å². The maximum atomic E-state index is 14.4. The molecule has 3 aromatic rings. The molecule has 1 spiro atoms. The van der Waals surface area contributed by atoms with E-state index in [1.807, 2.05) is 18.7 Å². The number of aryl methyl sites for hydroxylation is 2. The van der Waals surface area contributed by atoms with E-state index in [-0.39, 0.29) is 17.4 Å². The first-order valence-corrected chi connectivity index (χ1v) is 13.0. The first-order valence-electron chi connectivity index (χ1n) is 13.0. The second-order valence-corrected chi connectivity index (χ2v) is 11.0. The molecule has 2 fully saturated rings. The van der Waals surface area contributed by atoms with E-state index in [4.69, 9.17) is 14.5 Å². The topological polar surface area (TPSA) is 69.5 Å². The van der Waals surface area contributed by atoms with Crippen LogP contribution in [-0.4, -0.2) is 45.3 Å². The van der Waals surface area contributed by atoms with Gasteiger partial charge in [-0.25, -0.2) is 4.98 Å². The Bertz CT molecular complexity index is 1370. The highest BCUT2D eigenvalue weighted by atomic mass is 16.6. The lowest BCUT2D eigenvalue weighted by atomic mass is 9.71. The summed E-state index contributed by atoms with van der Waals surface area (Å²) in [5.41, 5.74) is 5.99. The molecule has 7 nitrogen and oxygen atoms in total. The number of hydrogen-bond donors (Lipinski definition) is 0. The lowest BCUT2D eigenvalue weighted by Crippen LogP contribution is -2.48. The molecule has 0 N–H and O–H groups in total. The summed E-state index contributed by atoms with van der Waals surface area (Å²) < 4.78 is 13.7. The second kappa shape index (κ2) is 7.45. The minimum Gasteiger partial charge on any atom is -0.486 e. The first-order chi connectivity index (χ1) is 16.9. The highest BCUT2D eigenvalue weighted by molar-refractivity contribution is 6.07. The fourth-order valence-electron chi connectivity index (χ4n) is 6.73. The van der Waals surface area contributed by atoms with Crippen LogP contribution in [-0.2, 0) is 12.5 Å². The molecule has 2 saturated carbocycles. The van der Waals surface area contributed by atoms with Gasteiger partial charge in [0.15, 0.2) is 17.1 Å². The van der Waals surface area contributed by atoms with Crippen molar-refractivity contribution in [3.63, 3.8) is 0 Å². The SMILES string of the molecule is Cc1nn(C)c2nc(C3CC3)cc(C(=O)N3CC4(CCCC4)c4cc5c(cc4C3C)OCCO5)c12. The van der Waals surface area contributed by atoms with Crippen LogP contribution in [0.4, 0.5) is 0 Å². The van der Waals surface area contributed by atoms with Crippen molar-refractivity contribution in [2.75, 3.05) is 19.8 Å². The van der Waals surface area contributed by atoms with E-state index in [0.29, 0.717) is 19.1 Å². The number of nitrogens with zero attached hydrogens (tertiary/aromatic N) is 4. The van der Waals surface area contributed by atoms with Gasteiger partial charge in [-0.05, 0) is 68.9 Å². The monoisotopic (exact) mass is 472 g/mol. The predicted molar refractivity (Wildman–Crippen MR) is 132 cm³/mol. The van der Waals surface area contributed by atoms with Gasteiger partial charge in [-0.2, -0.15) is 5.10 Å². The van der Waals surface area contributed by atoms with Crippen LogP contribution in [0.25, 0.3) is 11.0 Å². The Hall–Kier alpha value is -3.09. The van der Waals surface area contributed by atoms with Gasteiger partial charge in [-0.15, -0.1) is 0 Å². The molecule has 7 heteroatoms. The van der Waals surface area contributed by atoms with Crippen molar-refractivity contribution in [3.8, 4) is 11.5 Å². The highest BCUT2D eigenvalue weighted by Crippen LogP contribution is 2.52. The van der Waals surface area contributed by atoms with Gasteiger partial charge in [-0.3, -0.25) is 9.48 Å². The second-order valence-electron chi connectivity index (χ2n) is 11.0. The average molecular weight is 473 g/mol. The van der Waals surface area contributed by atoms with Crippen LogP contribution in [0.1, 0.15) is 90.3 Å². The number of pyridine rings is 1. The van der Waals surface area contributed by atoms with Gasteiger partial charge in [-0.1, -0.05) is 12.8 Å². The van der Waals surface area contributed by atoms with Gasteiger partial charge < -0.3 is 14.4 Å². The molecule has 1 atom stereocenters. The summed E-state index contributed by atoms with van der Waals surface area (Å²) in [6.07, 6.45) is 6.87. The number of carbonyl (C=O) groups excluding carboxylic acids is 1. The number of ether oxygens (including phenoxy) is 2. The number of rotatable bonds is 2. The van der Waals surface area contributed by atoms with E-state index < -0.39 is 0 Å². The number of benzene rings is 1. The maximum absolute atomic E-state index is 14.4. The Labute approximate surface area is 205 Å². The Morgan fingerprint density at radius 1 is 1.09 bits per heavy atom. The molecule has 4 aliphatic rings. The van der Waals surface area contributed by atoms with E-state index in [0.717, 1.165) is 71.7 Å². The molecular weight excluding hydrogens is 440 g/mol. The van der Waals surface area contributed by atoms with Crippen LogP contribution in [0.5, 0.6) is 11.5 Å². The van der Waals surface area contributed by atoms with Crippen LogP contribution >= 0.6 is 0 Å². The summed E-state index contributed by atoms with van der Waals surface area (Å²) >= 11 is 0. The Morgan fingerprint density at radius 3 is 2.51 bits per heavy atom. The van der Waals surface area contributed by atoms with Gasteiger partial charge in [0.1, 0.15) is 13.2 Å². The quantitative estimate of drug-likeness (QED) is 0.528. The van der Waals surface area contributed by atoms with Crippen molar-refractivity contribution in [1.29, 1.82) is 0 Å². The summed E-state index contributed by atoms with van der Waals surface area (Å²) in [6, 6.07) is 6.36. The van der Waals surface area contributed by atoms with Crippen LogP contribution in [0.15, 0.2) is 18.2 Å². The molecule has 4 heterocycles. The average Bonchev–Trinajstić information content (AvgIpc) is 3.55. The Morgan fingerprint density at radius 2 is 1.80 bits per heavy atom. The van der Waals surface area contributed by atoms with Crippen LogP contribution in [0, 0.1) is 6.92 Å². The molecule has 2 aliphatic carbocycles. The number of aromatic nitrogens is 3. The standard InChI is InChI=1S/C28H32N4O3/c1-16-25-20(12-22(18-6-7-18)29-26(25)31(3)30-16)27(33)32-15-28(8-4-5-9-28)21-14-24-23(34-10-11-35-24)13-19(21)17(32)2/h12-14,17-18H,4-11,15H2,1-3H3. The fraction of sp³-hybridized carbons (Fsp3) is 0.536. The molecule has 0 bridgehead atoms. The van der Waals surface area contributed by atoms with Gasteiger partial charge in [0.2, 0.25) is 0 Å². The lowest BCUT2D eigenvalue weighted by Gasteiger charge is -2.46. The summed E-state index contributed by atoms with van der Waals surface area (Å²) in [7, 11) is 1.92. The molecule has 0 radical (unpaired) electrons. The third-order valence-corrected chi connectivity index (χ3v) is 8.71. The van der Waals surface area contributed by atoms with Gasteiger partial charge in [0.25, 0.3) is 5.91 Å². The zero-order chi connectivity index (χ0) is 23.9. The largest absolute Gasteiger partial charge is 0.486 e. The minimum atomic E-state index is -0.0517. The summed E-state index contributed by atoms with van der Waals surface area (Å²) in [6.45, 7) is 6.03. The van der Waals surface area contributed by atoms with Crippen molar-refractivity contribution < 1.29 is 14.3 Å². The summed E-state index contributed by atoms with van der Waals surface area (Å²) in [4.78, 5) is 21.5. The molecule has 2 aromatic heterocycles. The van der Waals surface area contributed by atoms with Crippen molar-refractivity contribution in [2.24, 2.45) is 7.05 Å². The fourth-order valence-corrected chi connectivity index (χ4v) is 6.73. The van der Waals surface area contributed by atoms with Crippen molar-refractivity contribution in [2.45, 2.75) is 69.7 Å². The molecule has 2 aliphatic heterocycles. The van der Waals surface area contributed by atoms with Gasteiger partial charge in [0.05, 0.1) is 22.7 Å². The Balaban J connectivity index is 1.37. The first kappa shape index (κ1) is 21.2. The number of carbonyl (C=O) groups is 1. The van der Waals surface area contributed by atoms with E-state index in [9.17, 15) is 4.79 Å². The zero-order valence-corrected chi connectivity index (χ0v) is 20.8. The van der Waals surface area contributed by atoms with Gasteiger partial charge >= 0.3 is 0 Å². The maximum Gasteiger partial charge on any atom is 0.255 e. The lowest BCUT2D eigenvalue weighted by molar-refractivity contribution is 0.0595. The molecule has 0 saturated heterocycles. The van der Waals surface area contributed by atoms with E-state index in [1.165, 1.54) is 24.0 Å². The van der Waals surface area contributed by atoms with Crippen molar-refractivity contribution >= 4 is 16.9 Å². The van der Waals surface area contributed by atoms with Crippen molar-refractivity contribution in [1.82, 2.24) is 19.7 Å². The number of hydrogen-bond acceptors (Lipinski definition) is 5. The molecule has 1 aromatic carbocycles. The van der Waals surface area contributed by atoms with E-state index in [2.05, 4.69) is 35.1 Å². The summed E-state index contributed by atoms with van der Waals surface area (Å²) in [5.74, 6) is 2.21. The van der Waals surface area contributed by atoms with E-state index >= 15 is 0 Å². The van der Waals surface area contributed by atoms with Gasteiger partial charge in [0, 0.05) is 30.6 Å². The molecule has 182 valence electrons. The minimum absolute atomic E-state index is 0.0250. The smallest absolute Gasteiger partial charge is 0.255 e. The van der Waals surface area contributed by atoms with Crippen LogP contribution in [0.3, 0.4) is 0 Å². The molecule has 7 rings (SSSR count). The molecular formula is C28H32N4O3. The third kappa shape index (κ3) is 3.13. The number of amides is 1. The highest BCUT2D eigenvalue weighted by Gasteiger charge is 2.47. The number of fused-ring (bicyclic) bond motifs is 4. The molecule has 1 unspecified atom stereocenters. The summed E-state index contributed by atoms with van der Waals surface area (Å²) in [5, 5.41) is 5.52. The molecule has 35 heavy (non-hydrogen) atoms. The zero-order valence-electron chi connectivity index (χ0n) is 20.8. The predicted octanol–water partition coefficient (Wildman–Crippen LogP) is 4.95. The van der Waals surface area contributed by atoms with E-state index in [1.54, 1.807) is 0 Å². The molecule has 1 amide bonds. The normalized spacial score (nSPS) is 22.6. The Kier molecular flexibility index (Phi) is 4.52. The van der Waals surface area contributed by atoms with Crippen molar-refractivity contribution in [3.05, 3.63) is 46.3 Å².